The summed E-state index contributed by atoms with van der Waals surface area (Å²) in [5.74, 6) is 1.75. The summed E-state index contributed by atoms with van der Waals surface area (Å²) in [7, 11) is 0. The van der Waals surface area contributed by atoms with E-state index in [4.69, 9.17) is 0 Å². The SMILES string of the molecule is O=C1CCC(c2cccc(C3CCC3)c2)C1. The fourth-order valence-corrected chi connectivity index (χ4v) is 2.91. The van der Waals surface area contributed by atoms with Crippen LogP contribution in [0, 0.1) is 0 Å². The third-order valence-corrected chi connectivity index (χ3v) is 4.20. The minimum atomic E-state index is 0.444. The molecule has 0 spiro atoms. The van der Waals surface area contributed by atoms with Crippen molar-refractivity contribution in [2.75, 3.05) is 0 Å². The van der Waals surface area contributed by atoms with Gasteiger partial charge in [-0.05, 0) is 42.2 Å². The van der Waals surface area contributed by atoms with Crippen LogP contribution in [0.15, 0.2) is 24.3 Å². The molecule has 0 amide bonds. The highest BCUT2D eigenvalue weighted by atomic mass is 16.1. The Bertz CT molecular complexity index is 404. The predicted octanol–water partition coefficient (Wildman–Crippen LogP) is 3.79. The second-order valence-corrected chi connectivity index (χ2v) is 5.28. The average Bonchev–Trinajstić information content (AvgIpc) is 2.63. The standard InChI is InChI=1S/C15H18O/c16-15-8-7-14(10-15)13-6-2-5-12(9-13)11-3-1-4-11/h2,5-6,9,11,14H,1,3-4,7-8,10H2. The summed E-state index contributed by atoms with van der Waals surface area (Å²) >= 11 is 0. The van der Waals surface area contributed by atoms with Gasteiger partial charge in [0, 0.05) is 12.8 Å². The molecule has 0 aliphatic heterocycles. The van der Waals surface area contributed by atoms with Crippen molar-refractivity contribution in [3.63, 3.8) is 0 Å². The maximum absolute atomic E-state index is 11.3. The van der Waals surface area contributed by atoms with Gasteiger partial charge in [-0.1, -0.05) is 30.7 Å². The van der Waals surface area contributed by atoms with Crippen LogP contribution in [-0.4, -0.2) is 5.78 Å². The van der Waals surface area contributed by atoms with Crippen LogP contribution in [0.3, 0.4) is 0 Å². The van der Waals surface area contributed by atoms with Gasteiger partial charge in [0.15, 0.2) is 0 Å². The minimum absolute atomic E-state index is 0.444. The summed E-state index contributed by atoms with van der Waals surface area (Å²) in [4.78, 5) is 11.3. The van der Waals surface area contributed by atoms with Gasteiger partial charge in [0.2, 0.25) is 0 Å². The number of rotatable bonds is 2. The number of Topliss-reactive ketones (excluding diaryl/α,β-unsaturated/α-hetero) is 1. The number of benzene rings is 1. The Morgan fingerprint density at radius 2 is 1.75 bits per heavy atom. The van der Waals surface area contributed by atoms with Gasteiger partial charge < -0.3 is 0 Å². The summed E-state index contributed by atoms with van der Waals surface area (Å²) in [6, 6.07) is 8.98. The molecule has 2 aliphatic carbocycles. The van der Waals surface area contributed by atoms with E-state index in [1.807, 2.05) is 0 Å². The molecule has 1 aromatic carbocycles. The van der Waals surface area contributed by atoms with Gasteiger partial charge in [0.05, 0.1) is 0 Å². The first-order chi connectivity index (χ1) is 7.83. The predicted molar refractivity (Wildman–Crippen MR) is 64.6 cm³/mol. The van der Waals surface area contributed by atoms with E-state index in [1.54, 1.807) is 0 Å². The van der Waals surface area contributed by atoms with Gasteiger partial charge >= 0.3 is 0 Å². The number of hydrogen-bond donors (Lipinski definition) is 0. The van der Waals surface area contributed by atoms with Gasteiger partial charge in [-0.3, -0.25) is 4.79 Å². The summed E-state index contributed by atoms with van der Waals surface area (Å²) in [5, 5.41) is 0. The topological polar surface area (TPSA) is 17.1 Å². The number of hydrogen-bond acceptors (Lipinski definition) is 1. The molecule has 16 heavy (non-hydrogen) atoms. The van der Waals surface area contributed by atoms with Crippen molar-refractivity contribution in [3.8, 4) is 0 Å². The van der Waals surface area contributed by atoms with E-state index in [9.17, 15) is 4.79 Å². The zero-order valence-electron chi connectivity index (χ0n) is 9.61. The second kappa shape index (κ2) is 4.04. The smallest absolute Gasteiger partial charge is 0.133 e. The Labute approximate surface area is 96.9 Å². The molecule has 1 unspecified atom stereocenters. The van der Waals surface area contributed by atoms with Gasteiger partial charge in [-0.2, -0.15) is 0 Å². The average molecular weight is 214 g/mol. The molecule has 2 saturated carbocycles. The van der Waals surface area contributed by atoms with Gasteiger partial charge in [-0.15, -0.1) is 0 Å². The molecule has 1 heteroatoms. The Balaban J connectivity index is 1.81. The van der Waals surface area contributed by atoms with Crippen LogP contribution in [0.25, 0.3) is 0 Å². The third-order valence-electron chi connectivity index (χ3n) is 4.20. The second-order valence-electron chi connectivity index (χ2n) is 5.28. The van der Waals surface area contributed by atoms with E-state index in [0.717, 1.165) is 25.2 Å². The van der Waals surface area contributed by atoms with E-state index in [-0.39, 0.29) is 0 Å². The Kier molecular flexibility index (Phi) is 2.55. The van der Waals surface area contributed by atoms with Crippen molar-refractivity contribution in [1.29, 1.82) is 0 Å². The molecule has 1 aromatic rings. The summed E-state index contributed by atoms with van der Waals surface area (Å²) < 4.78 is 0. The molecular formula is C15H18O. The molecule has 2 aliphatic rings. The molecule has 2 fully saturated rings. The summed E-state index contributed by atoms with van der Waals surface area (Å²) in [6.07, 6.45) is 6.72. The maximum atomic E-state index is 11.3. The Morgan fingerprint density at radius 1 is 1.00 bits per heavy atom. The van der Waals surface area contributed by atoms with Crippen LogP contribution in [0.4, 0.5) is 0 Å². The fourth-order valence-electron chi connectivity index (χ4n) is 2.91. The van der Waals surface area contributed by atoms with E-state index in [2.05, 4.69) is 24.3 Å². The van der Waals surface area contributed by atoms with Crippen LogP contribution in [0.5, 0.6) is 0 Å². The zero-order chi connectivity index (χ0) is 11.0. The fraction of sp³-hybridized carbons (Fsp3) is 0.533. The molecule has 0 aromatic heterocycles. The van der Waals surface area contributed by atoms with Crippen molar-refractivity contribution in [3.05, 3.63) is 35.4 Å². The summed E-state index contributed by atoms with van der Waals surface area (Å²) in [5.41, 5.74) is 2.90. The first-order valence-corrected chi connectivity index (χ1v) is 6.44. The Hall–Kier alpha value is -1.11. The van der Waals surface area contributed by atoms with Crippen molar-refractivity contribution in [2.45, 2.75) is 50.4 Å². The van der Waals surface area contributed by atoms with Gasteiger partial charge in [0.25, 0.3) is 0 Å². The van der Waals surface area contributed by atoms with E-state index >= 15 is 0 Å². The van der Waals surface area contributed by atoms with Crippen LogP contribution in [-0.2, 0) is 4.79 Å². The molecular weight excluding hydrogens is 196 g/mol. The molecule has 84 valence electrons. The third kappa shape index (κ3) is 1.79. The van der Waals surface area contributed by atoms with E-state index in [1.165, 1.54) is 30.4 Å². The van der Waals surface area contributed by atoms with Gasteiger partial charge in [0.1, 0.15) is 5.78 Å². The molecule has 0 N–H and O–H groups in total. The first-order valence-electron chi connectivity index (χ1n) is 6.44. The molecule has 1 nitrogen and oxygen atoms in total. The van der Waals surface area contributed by atoms with Crippen LogP contribution in [0.1, 0.15) is 61.5 Å². The highest BCUT2D eigenvalue weighted by molar-refractivity contribution is 5.81. The Morgan fingerprint density at radius 3 is 2.31 bits per heavy atom. The monoisotopic (exact) mass is 214 g/mol. The molecule has 3 rings (SSSR count). The lowest BCUT2D eigenvalue weighted by Crippen LogP contribution is -2.09. The lowest BCUT2D eigenvalue weighted by atomic mass is 9.79. The van der Waals surface area contributed by atoms with E-state index < -0.39 is 0 Å². The molecule has 0 radical (unpaired) electrons. The van der Waals surface area contributed by atoms with Crippen molar-refractivity contribution >= 4 is 5.78 Å². The van der Waals surface area contributed by atoms with Crippen LogP contribution < -0.4 is 0 Å². The lowest BCUT2D eigenvalue weighted by molar-refractivity contribution is -0.117. The number of carbonyl (C=O) groups is 1. The first kappa shape index (κ1) is 10.1. The highest BCUT2D eigenvalue weighted by Gasteiger charge is 2.25. The largest absolute Gasteiger partial charge is 0.300 e. The molecule has 1 atom stereocenters. The van der Waals surface area contributed by atoms with Crippen LogP contribution >= 0.6 is 0 Å². The molecule has 0 heterocycles. The van der Waals surface area contributed by atoms with Crippen molar-refractivity contribution in [1.82, 2.24) is 0 Å². The maximum Gasteiger partial charge on any atom is 0.133 e. The van der Waals surface area contributed by atoms with Crippen molar-refractivity contribution < 1.29 is 4.79 Å². The lowest BCUT2D eigenvalue weighted by Gasteiger charge is -2.26. The zero-order valence-corrected chi connectivity index (χ0v) is 9.61. The highest BCUT2D eigenvalue weighted by Crippen LogP contribution is 2.39. The van der Waals surface area contributed by atoms with Crippen molar-refractivity contribution in [2.24, 2.45) is 0 Å². The molecule has 0 saturated heterocycles. The number of carbonyl (C=O) groups excluding carboxylic acids is 1. The summed E-state index contributed by atoms with van der Waals surface area (Å²) in [6.45, 7) is 0. The minimum Gasteiger partial charge on any atom is -0.300 e. The quantitative estimate of drug-likeness (QED) is 0.732. The molecule has 0 bridgehead atoms. The van der Waals surface area contributed by atoms with E-state index in [0.29, 0.717) is 11.7 Å². The van der Waals surface area contributed by atoms with Crippen LogP contribution in [0.2, 0.25) is 0 Å². The number of ketones is 1. The van der Waals surface area contributed by atoms with Gasteiger partial charge in [-0.25, -0.2) is 0 Å². The normalized spacial score (nSPS) is 25.8.